The van der Waals surface area contributed by atoms with E-state index in [0.717, 1.165) is 0 Å². The van der Waals surface area contributed by atoms with Crippen molar-refractivity contribution in [3.8, 4) is 17.1 Å². The van der Waals surface area contributed by atoms with Crippen molar-refractivity contribution >= 4 is 23.5 Å². The van der Waals surface area contributed by atoms with Crippen molar-refractivity contribution < 1.29 is 33.1 Å². The minimum atomic E-state index is -0.667. The van der Waals surface area contributed by atoms with E-state index in [4.69, 9.17) is 18.7 Å². The fraction of sp³-hybridized carbons (Fsp3) is 0.143. The van der Waals surface area contributed by atoms with Crippen LogP contribution >= 0.6 is 0 Å². The molecule has 2 heterocycles. The Labute approximate surface area is 170 Å². The monoisotopic (exact) mass is 408 g/mol. The number of nitrogens with one attached hydrogen (secondary N) is 1. The van der Waals surface area contributed by atoms with Crippen LogP contribution in [0.25, 0.3) is 11.3 Å². The van der Waals surface area contributed by atoms with E-state index in [2.05, 4.69) is 10.5 Å². The molecule has 1 aromatic heterocycles. The average Bonchev–Trinajstić information content (AvgIpc) is 3.22. The number of carbonyl (C=O) groups excluding carboxylic acids is 3. The van der Waals surface area contributed by atoms with Crippen LogP contribution in [0.2, 0.25) is 0 Å². The number of ether oxygens (including phenoxy) is 3. The predicted molar refractivity (Wildman–Crippen MR) is 103 cm³/mol. The third-order valence-corrected chi connectivity index (χ3v) is 4.54. The van der Waals surface area contributed by atoms with Gasteiger partial charge in [-0.1, -0.05) is 17.3 Å². The number of aromatic nitrogens is 1. The molecule has 0 aliphatic carbocycles. The summed E-state index contributed by atoms with van der Waals surface area (Å²) in [5.41, 5.74) is 1.60. The molecular formula is C21H16N2O7. The number of esters is 2. The van der Waals surface area contributed by atoms with Gasteiger partial charge in [-0.25, -0.2) is 9.59 Å². The van der Waals surface area contributed by atoms with Crippen LogP contribution in [0.4, 0.5) is 5.69 Å². The number of nitrogens with zero attached hydrogens (tertiary/aromatic N) is 1. The molecule has 1 N–H and O–H groups in total. The molecule has 3 aromatic rings. The highest BCUT2D eigenvalue weighted by molar-refractivity contribution is 6.06. The van der Waals surface area contributed by atoms with Crippen LogP contribution in [0.15, 0.2) is 47.0 Å². The van der Waals surface area contributed by atoms with Gasteiger partial charge in [0.2, 0.25) is 0 Å². The Kier molecular flexibility index (Phi) is 4.93. The number of rotatable bonds is 4. The Bertz CT molecular complexity index is 1130. The molecular weight excluding hydrogens is 392 g/mol. The molecule has 2 aromatic carbocycles. The average molecular weight is 408 g/mol. The van der Waals surface area contributed by atoms with Gasteiger partial charge in [-0.05, 0) is 30.3 Å². The largest absolute Gasteiger partial charge is 0.488 e. The number of benzene rings is 2. The maximum absolute atomic E-state index is 12.8. The van der Waals surface area contributed by atoms with Crippen LogP contribution in [0.1, 0.15) is 36.8 Å². The summed E-state index contributed by atoms with van der Waals surface area (Å²) < 4.78 is 20.5. The van der Waals surface area contributed by atoms with Gasteiger partial charge >= 0.3 is 11.9 Å². The van der Waals surface area contributed by atoms with Crippen LogP contribution < -0.4 is 10.1 Å². The molecule has 0 saturated carbocycles. The Morgan fingerprint density at radius 2 is 1.67 bits per heavy atom. The van der Waals surface area contributed by atoms with Crippen LogP contribution in [0, 0.1) is 0 Å². The topological polar surface area (TPSA) is 117 Å². The summed E-state index contributed by atoms with van der Waals surface area (Å²) in [7, 11) is 2.43. The summed E-state index contributed by atoms with van der Waals surface area (Å²) in [5, 5.41) is 6.51. The number of amides is 1. The van der Waals surface area contributed by atoms with Gasteiger partial charge in [0.25, 0.3) is 5.91 Å². The van der Waals surface area contributed by atoms with Gasteiger partial charge in [-0.15, -0.1) is 0 Å². The van der Waals surface area contributed by atoms with Gasteiger partial charge in [0.15, 0.2) is 11.5 Å². The maximum Gasteiger partial charge on any atom is 0.337 e. The van der Waals surface area contributed by atoms with Crippen molar-refractivity contribution in [2.45, 2.75) is 6.61 Å². The van der Waals surface area contributed by atoms with E-state index >= 15 is 0 Å². The van der Waals surface area contributed by atoms with Gasteiger partial charge in [0.1, 0.15) is 12.4 Å². The molecule has 1 aliphatic heterocycles. The van der Waals surface area contributed by atoms with Crippen molar-refractivity contribution in [2.24, 2.45) is 0 Å². The third kappa shape index (κ3) is 3.37. The van der Waals surface area contributed by atoms with Crippen LogP contribution in [-0.2, 0) is 16.1 Å². The Morgan fingerprint density at radius 3 is 2.33 bits per heavy atom. The van der Waals surface area contributed by atoms with Gasteiger partial charge in [0.05, 0.1) is 36.5 Å². The van der Waals surface area contributed by atoms with Gasteiger partial charge in [-0.3, -0.25) is 4.79 Å². The molecule has 9 heteroatoms. The fourth-order valence-corrected chi connectivity index (χ4v) is 3.12. The van der Waals surface area contributed by atoms with Crippen molar-refractivity contribution in [1.82, 2.24) is 5.16 Å². The second kappa shape index (κ2) is 7.70. The lowest BCUT2D eigenvalue weighted by atomic mass is 10.0. The second-order valence-corrected chi connectivity index (χ2v) is 6.36. The first-order valence-electron chi connectivity index (χ1n) is 8.85. The lowest BCUT2D eigenvalue weighted by molar-refractivity contribution is 0.0599. The standard InChI is InChI=1S/C21H16N2O7/c1-27-20(25)11-7-12(21(26)28-2)9-13(8-11)22-19(24)17-15-10-29-16-6-4-3-5-14(16)18(15)30-23-17/h3-9H,10H2,1-2H3,(H,22,24). The lowest BCUT2D eigenvalue weighted by Crippen LogP contribution is -2.17. The molecule has 0 unspecified atom stereocenters. The third-order valence-electron chi connectivity index (χ3n) is 4.54. The van der Waals surface area contributed by atoms with E-state index in [0.29, 0.717) is 22.6 Å². The molecule has 0 saturated heterocycles. The zero-order valence-corrected chi connectivity index (χ0v) is 16.1. The van der Waals surface area contributed by atoms with E-state index in [1.165, 1.54) is 32.4 Å². The van der Waals surface area contributed by atoms with E-state index < -0.39 is 17.8 Å². The molecule has 0 fully saturated rings. The summed E-state index contributed by atoms with van der Waals surface area (Å²) in [6, 6.07) is 11.3. The number of methoxy groups -OCH3 is 2. The molecule has 152 valence electrons. The summed E-state index contributed by atoms with van der Waals surface area (Å²) in [4.78, 5) is 36.7. The molecule has 1 aliphatic rings. The maximum atomic E-state index is 12.8. The van der Waals surface area contributed by atoms with E-state index in [9.17, 15) is 14.4 Å². The summed E-state index contributed by atoms with van der Waals surface area (Å²) >= 11 is 0. The van der Waals surface area contributed by atoms with Gasteiger partial charge < -0.3 is 24.1 Å². The van der Waals surface area contributed by atoms with E-state index in [-0.39, 0.29) is 29.1 Å². The lowest BCUT2D eigenvalue weighted by Gasteiger charge is -2.16. The number of fused-ring (bicyclic) bond motifs is 3. The van der Waals surface area contributed by atoms with E-state index in [1.807, 2.05) is 18.2 Å². The van der Waals surface area contributed by atoms with Crippen molar-refractivity contribution in [3.05, 3.63) is 64.8 Å². The number of para-hydroxylation sites is 1. The van der Waals surface area contributed by atoms with Gasteiger partial charge in [0, 0.05) is 5.69 Å². The smallest absolute Gasteiger partial charge is 0.337 e. The highest BCUT2D eigenvalue weighted by Crippen LogP contribution is 2.38. The first kappa shape index (κ1) is 19.2. The van der Waals surface area contributed by atoms with Crippen molar-refractivity contribution in [1.29, 1.82) is 0 Å². The minimum Gasteiger partial charge on any atom is -0.488 e. The Hall–Kier alpha value is -4.14. The molecule has 0 spiro atoms. The van der Waals surface area contributed by atoms with E-state index in [1.54, 1.807) is 6.07 Å². The number of anilines is 1. The predicted octanol–water partition coefficient (Wildman–Crippen LogP) is 3.06. The number of carbonyl (C=O) groups is 3. The first-order valence-corrected chi connectivity index (χ1v) is 8.85. The molecule has 30 heavy (non-hydrogen) atoms. The fourth-order valence-electron chi connectivity index (χ4n) is 3.12. The van der Waals surface area contributed by atoms with Crippen LogP contribution in [0.3, 0.4) is 0 Å². The van der Waals surface area contributed by atoms with Crippen molar-refractivity contribution in [2.75, 3.05) is 19.5 Å². The van der Waals surface area contributed by atoms with Crippen LogP contribution in [-0.4, -0.2) is 37.2 Å². The SMILES string of the molecule is COC(=O)c1cc(NC(=O)c2noc3c2COc2ccccc2-3)cc(C(=O)OC)c1. The zero-order valence-electron chi connectivity index (χ0n) is 16.1. The van der Waals surface area contributed by atoms with Crippen molar-refractivity contribution in [3.63, 3.8) is 0 Å². The highest BCUT2D eigenvalue weighted by atomic mass is 16.5. The zero-order chi connectivity index (χ0) is 21.3. The molecule has 0 atom stereocenters. The Balaban J connectivity index is 1.66. The molecule has 4 rings (SSSR count). The number of hydrogen-bond donors (Lipinski definition) is 1. The molecule has 0 bridgehead atoms. The molecule has 1 amide bonds. The summed E-state index contributed by atoms with van der Waals surface area (Å²) in [6.45, 7) is 0.119. The minimum absolute atomic E-state index is 0.0441. The molecule has 9 nitrogen and oxygen atoms in total. The highest BCUT2D eigenvalue weighted by Gasteiger charge is 2.29. The quantitative estimate of drug-likeness (QED) is 0.655. The second-order valence-electron chi connectivity index (χ2n) is 6.36. The van der Waals surface area contributed by atoms with Crippen LogP contribution in [0.5, 0.6) is 5.75 Å². The summed E-state index contributed by atoms with van der Waals surface area (Å²) in [6.07, 6.45) is 0. The Morgan fingerprint density at radius 1 is 1.00 bits per heavy atom. The number of hydrogen-bond acceptors (Lipinski definition) is 8. The first-order chi connectivity index (χ1) is 14.5. The molecule has 0 radical (unpaired) electrons. The van der Waals surface area contributed by atoms with Gasteiger partial charge in [-0.2, -0.15) is 0 Å². The normalized spacial score (nSPS) is 11.5. The summed E-state index contributed by atoms with van der Waals surface area (Å²) in [5.74, 6) is -0.817.